The van der Waals surface area contributed by atoms with Crippen molar-refractivity contribution in [2.75, 3.05) is 11.1 Å². The Bertz CT molecular complexity index is 481. The van der Waals surface area contributed by atoms with E-state index in [1.54, 1.807) is 17.5 Å². The molecule has 5 heteroatoms. The zero-order chi connectivity index (χ0) is 12.3. The molecule has 0 aliphatic rings. The van der Waals surface area contributed by atoms with Crippen molar-refractivity contribution in [1.29, 1.82) is 0 Å². The molecule has 0 aromatic carbocycles. The van der Waals surface area contributed by atoms with Gasteiger partial charge in [-0.2, -0.15) is 0 Å². The third-order valence-corrected chi connectivity index (χ3v) is 3.57. The highest BCUT2D eigenvalue weighted by molar-refractivity contribution is 7.09. The Kier molecular flexibility index (Phi) is 3.58. The molecule has 2 rings (SSSR count). The van der Waals surface area contributed by atoms with Crippen molar-refractivity contribution in [3.05, 3.63) is 34.4 Å². The summed E-state index contributed by atoms with van der Waals surface area (Å²) in [7, 11) is 0. The fraction of sp³-hybridized carbons (Fsp3) is 0.333. The zero-order valence-corrected chi connectivity index (χ0v) is 10.8. The minimum Gasteiger partial charge on any atom is -0.396 e. The molecular weight excluding hydrogens is 232 g/mol. The van der Waals surface area contributed by atoms with Crippen molar-refractivity contribution >= 4 is 22.8 Å². The lowest BCUT2D eigenvalue weighted by Gasteiger charge is -2.17. The highest BCUT2D eigenvalue weighted by atomic mass is 32.1. The summed E-state index contributed by atoms with van der Waals surface area (Å²) >= 11 is 1.64. The van der Waals surface area contributed by atoms with Crippen LogP contribution in [0.3, 0.4) is 0 Å². The predicted octanol–water partition coefficient (Wildman–Crippen LogP) is 2.99. The van der Waals surface area contributed by atoms with Gasteiger partial charge in [0, 0.05) is 17.8 Å². The Hall–Kier alpha value is -1.62. The van der Waals surface area contributed by atoms with E-state index in [1.165, 1.54) is 0 Å². The molecule has 1 atom stereocenters. The fourth-order valence-electron chi connectivity index (χ4n) is 1.59. The molecule has 0 spiro atoms. The molecule has 2 heterocycles. The summed E-state index contributed by atoms with van der Waals surface area (Å²) in [5, 5.41) is 6.40. The van der Waals surface area contributed by atoms with Gasteiger partial charge < -0.3 is 11.1 Å². The maximum absolute atomic E-state index is 6.00. The molecule has 0 radical (unpaired) electrons. The molecule has 3 N–H and O–H groups in total. The van der Waals surface area contributed by atoms with E-state index in [0.717, 1.165) is 22.8 Å². The SMILES string of the molecule is CCC(Nc1nccc(C)c1N)c1nccs1. The lowest BCUT2D eigenvalue weighted by Crippen LogP contribution is -2.12. The summed E-state index contributed by atoms with van der Waals surface area (Å²) in [5.74, 6) is 0.743. The molecule has 2 aromatic rings. The number of hydrogen-bond acceptors (Lipinski definition) is 5. The molecule has 17 heavy (non-hydrogen) atoms. The standard InChI is InChI=1S/C12H16N4S/c1-3-9(12-15-6-7-17-12)16-11-10(13)8(2)4-5-14-11/h4-7,9H,3,13H2,1-2H3,(H,14,16). The number of pyridine rings is 1. The third kappa shape index (κ3) is 2.55. The van der Waals surface area contributed by atoms with Crippen LogP contribution in [-0.4, -0.2) is 9.97 Å². The lowest BCUT2D eigenvalue weighted by molar-refractivity contribution is 0.738. The second kappa shape index (κ2) is 5.14. The predicted molar refractivity (Wildman–Crippen MR) is 72.2 cm³/mol. The molecular formula is C12H16N4S. The Labute approximate surface area is 105 Å². The van der Waals surface area contributed by atoms with Crippen molar-refractivity contribution in [3.8, 4) is 0 Å². The normalized spacial score (nSPS) is 12.4. The van der Waals surface area contributed by atoms with Gasteiger partial charge in [-0.25, -0.2) is 9.97 Å². The maximum Gasteiger partial charge on any atom is 0.149 e. The Morgan fingerprint density at radius 3 is 2.88 bits per heavy atom. The van der Waals surface area contributed by atoms with E-state index in [4.69, 9.17) is 5.73 Å². The van der Waals surface area contributed by atoms with E-state index in [0.29, 0.717) is 5.69 Å². The van der Waals surface area contributed by atoms with E-state index in [9.17, 15) is 0 Å². The number of hydrogen-bond donors (Lipinski definition) is 2. The van der Waals surface area contributed by atoms with Crippen LogP contribution in [-0.2, 0) is 0 Å². The van der Waals surface area contributed by atoms with Gasteiger partial charge in [-0.1, -0.05) is 6.92 Å². The van der Waals surface area contributed by atoms with E-state index >= 15 is 0 Å². The van der Waals surface area contributed by atoms with Crippen LogP contribution >= 0.6 is 11.3 Å². The van der Waals surface area contributed by atoms with Gasteiger partial charge in [0.05, 0.1) is 11.7 Å². The number of nitrogens with two attached hydrogens (primary N) is 1. The first-order valence-corrected chi connectivity index (χ1v) is 6.47. The van der Waals surface area contributed by atoms with E-state index in [-0.39, 0.29) is 6.04 Å². The van der Waals surface area contributed by atoms with Crippen LogP contribution in [0.25, 0.3) is 0 Å². The number of anilines is 2. The van der Waals surface area contributed by atoms with Gasteiger partial charge in [0.15, 0.2) is 0 Å². The molecule has 0 aliphatic heterocycles. The first kappa shape index (κ1) is 11.9. The van der Waals surface area contributed by atoms with Crippen LogP contribution < -0.4 is 11.1 Å². The summed E-state index contributed by atoms with van der Waals surface area (Å²) in [4.78, 5) is 8.60. The van der Waals surface area contributed by atoms with Gasteiger partial charge in [0.2, 0.25) is 0 Å². The fourth-order valence-corrected chi connectivity index (χ4v) is 2.37. The second-order valence-electron chi connectivity index (χ2n) is 3.87. The van der Waals surface area contributed by atoms with Crippen LogP contribution in [0.2, 0.25) is 0 Å². The Morgan fingerprint density at radius 2 is 2.24 bits per heavy atom. The summed E-state index contributed by atoms with van der Waals surface area (Å²) < 4.78 is 0. The number of aryl methyl sites for hydroxylation is 1. The minimum atomic E-state index is 0.173. The molecule has 90 valence electrons. The largest absolute Gasteiger partial charge is 0.396 e. The van der Waals surface area contributed by atoms with Gasteiger partial charge in [-0.15, -0.1) is 11.3 Å². The smallest absolute Gasteiger partial charge is 0.149 e. The number of nitrogen functional groups attached to an aromatic ring is 1. The molecule has 4 nitrogen and oxygen atoms in total. The van der Waals surface area contributed by atoms with Crippen molar-refractivity contribution < 1.29 is 0 Å². The summed E-state index contributed by atoms with van der Waals surface area (Å²) in [6.07, 6.45) is 4.53. The quantitative estimate of drug-likeness (QED) is 0.873. The molecule has 0 saturated carbocycles. The molecule has 2 aromatic heterocycles. The third-order valence-electron chi connectivity index (χ3n) is 2.68. The first-order chi connectivity index (χ1) is 8.22. The van der Waals surface area contributed by atoms with E-state index < -0.39 is 0 Å². The lowest BCUT2D eigenvalue weighted by atomic mass is 10.2. The maximum atomic E-state index is 6.00. The molecule has 0 bridgehead atoms. The van der Waals surface area contributed by atoms with Crippen molar-refractivity contribution in [2.45, 2.75) is 26.3 Å². The van der Waals surface area contributed by atoms with Gasteiger partial charge >= 0.3 is 0 Å². The van der Waals surface area contributed by atoms with Crippen LogP contribution in [0.5, 0.6) is 0 Å². The average molecular weight is 248 g/mol. The highest BCUT2D eigenvalue weighted by Crippen LogP contribution is 2.27. The van der Waals surface area contributed by atoms with Crippen LogP contribution in [0, 0.1) is 6.92 Å². The van der Waals surface area contributed by atoms with Crippen LogP contribution in [0.15, 0.2) is 23.8 Å². The number of nitrogens with one attached hydrogen (secondary N) is 1. The number of thiazole rings is 1. The van der Waals surface area contributed by atoms with Crippen molar-refractivity contribution in [3.63, 3.8) is 0 Å². The molecule has 0 fully saturated rings. The zero-order valence-electron chi connectivity index (χ0n) is 9.97. The first-order valence-electron chi connectivity index (χ1n) is 5.59. The number of nitrogens with zero attached hydrogens (tertiary/aromatic N) is 2. The van der Waals surface area contributed by atoms with Gasteiger partial charge in [-0.3, -0.25) is 0 Å². The van der Waals surface area contributed by atoms with Crippen molar-refractivity contribution in [2.24, 2.45) is 0 Å². The van der Waals surface area contributed by atoms with Gasteiger partial charge in [-0.05, 0) is 25.0 Å². The summed E-state index contributed by atoms with van der Waals surface area (Å²) in [6, 6.07) is 2.08. The monoisotopic (exact) mass is 248 g/mol. The number of rotatable bonds is 4. The van der Waals surface area contributed by atoms with Crippen molar-refractivity contribution in [1.82, 2.24) is 9.97 Å². The topological polar surface area (TPSA) is 63.8 Å². The summed E-state index contributed by atoms with van der Waals surface area (Å²) in [5.41, 5.74) is 7.75. The second-order valence-corrected chi connectivity index (χ2v) is 4.79. The summed E-state index contributed by atoms with van der Waals surface area (Å²) in [6.45, 7) is 4.09. The van der Waals surface area contributed by atoms with E-state index in [2.05, 4.69) is 22.2 Å². The number of aromatic nitrogens is 2. The van der Waals surface area contributed by atoms with Crippen LogP contribution in [0.4, 0.5) is 11.5 Å². The molecule has 0 saturated heterocycles. The average Bonchev–Trinajstić information content (AvgIpc) is 2.85. The van der Waals surface area contributed by atoms with Gasteiger partial charge in [0.25, 0.3) is 0 Å². The molecule has 0 aliphatic carbocycles. The Morgan fingerprint density at radius 1 is 1.41 bits per heavy atom. The minimum absolute atomic E-state index is 0.173. The highest BCUT2D eigenvalue weighted by Gasteiger charge is 2.14. The van der Waals surface area contributed by atoms with Gasteiger partial charge in [0.1, 0.15) is 10.8 Å². The molecule has 0 amide bonds. The van der Waals surface area contributed by atoms with Crippen LogP contribution in [0.1, 0.15) is 30.0 Å². The molecule has 1 unspecified atom stereocenters. The Balaban J connectivity index is 2.22. The van der Waals surface area contributed by atoms with E-state index in [1.807, 2.05) is 24.6 Å².